The first kappa shape index (κ1) is 18.7. The Morgan fingerprint density at radius 2 is 1.87 bits per heavy atom. The minimum absolute atomic E-state index is 0.0528. The van der Waals surface area contributed by atoms with Gasteiger partial charge in [-0.3, -0.25) is 4.79 Å². The number of amides is 1. The van der Waals surface area contributed by atoms with Gasteiger partial charge in [-0.05, 0) is 30.0 Å². The highest BCUT2D eigenvalue weighted by molar-refractivity contribution is 7.16. The second-order valence-electron chi connectivity index (χ2n) is 7.22. The number of benzene rings is 1. The predicted octanol–water partition coefficient (Wildman–Crippen LogP) is 3.40. The summed E-state index contributed by atoms with van der Waals surface area (Å²) in [6.07, 6.45) is 4.07. The van der Waals surface area contributed by atoms with Crippen LogP contribution in [0.2, 0.25) is 0 Å². The molecule has 0 spiro atoms. The largest absolute Gasteiger partial charge is 0.352 e. The van der Waals surface area contributed by atoms with Gasteiger partial charge in [-0.15, -0.1) is 11.3 Å². The van der Waals surface area contributed by atoms with Gasteiger partial charge in [0.15, 0.2) is 0 Å². The first-order chi connectivity index (χ1) is 14.8. The minimum Gasteiger partial charge on any atom is -0.352 e. The number of aromatic nitrogens is 4. The van der Waals surface area contributed by atoms with Crippen molar-refractivity contribution in [3.05, 3.63) is 65.6 Å². The van der Waals surface area contributed by atoms with Gasteiger partial charge >= 0.3 is 0 Å². The summed E-state index contributed by atoms with van der Waals surface area (Å²) in [6, 6.07) is 12.0. The van der Waals surface area contributed by atoms with E-state index in [1.807, 2.05) is 45.3 Å². The van der Waals surface area contributed by atoms with E-state index in [0.29, 0.717) is 18.7 Å². The van der Waals surface area contributed by atoms with Crippen molar-refractivity contribution >= 4 is 33.3 Å². The summed E-state index contributed by atoms with van der Waals surface area (Å²) in [4.78, 5) is 27.3. The van der Waals surface area contributed by atoms with Crippen molar-refractivity contribution in [1.29, 1.82) is 0 Å². The van der Waals surface area contributed by atoms with Crippen molar-refractivity contribution in [2.75, 3.05) is 31.1 Å². The average Bonchev–Trinajstić information content (AvgIpc) is 3.46. The zero-order chi connectivity index (χ0) is 20.5. The second-order valence-corrected chi connectivity index (χ2v) is 8.12. The van der Waals surface area contributed by atoms with Gasteiger partial charge < -0.3 is 9.80 Å². The number of thiophene rings is 1. The SMILES string of the molecule is CCc1c(C(=O)N2CCN(c3ncnc4sccc34)CC2)cnn1-c1ccccc1. The third-order valence-electron chi connectivity index (χ3n) is 5.54. The molecule has 0 unspecified atom stereocenters. The molecule has 0 atom stereocenters. The molecule has 0 bridgehead atoms. The Kier molecular flexibility index (Phi) is 4.92. The molecule has 30 heavy (non-hydrogen) atoms. The first-order valence-electron chi connectivity index (χ1n) is 10.1. The molecule has 0 saturated carbocycles. The third kappa shape index (κ3) is 3.23. The number of anilines is 1. The number of fused-ring (bicyclic) bond motifs is 1. The normalized spacial score (nSPS) is 14.4. The minimum atomic E-state index is 0.0528. The molecule has 1 amide bonds. The average molecular weight is 419 g/mol. The van der Waals surface area contributed by atoms with Gasteiger partial charge in [0.1, 0.15) is 17.0 Å². The van der Waals surface area contributed by atoms with Gasteiger partial charge in [0.25, 0.3) is 5.91 Å². The number of rotatable bonds is 4. The van der Waals surface area contributed by atoms with Crippen molar-refractivity contribution in [3.63, 3.8) is 0 Å². The molecule has 1 aromatic carbocycles. The molecule has 4 aromatic rings. The predicted molar refractivity (Wildman–Crippen MR) is 118 cm³/mol. The zero-order valence-corrected chi connectivity index (χ0v) is 17.5. The Hall–Kier alpha value is -3.26. The van der Waals surface area contributed by atoms with Crippen LogP contribution in [0.5, 0.6) is 0 Å². The lowest BCUT2D eigenvalue weighted by molar-refractivity contribution is 0.0745. The lowest BCUT2D eigenvalue weighted by atomic mass is 10.1. The summed E-state index contributed by atoms with van der Waals surface area (Å²) in [5.41, 5.74) is 2.61. The molecule has 8 heteroatoms. The van der Waals surface area contributed by atoms with E-state index in [9.17, 15) is 4.79 Å². The van der Waals surface area contributed by atoms with Gasteiger partial charge in [-0.1, -0.05) is 25.1 Å². The smallest absolute Gasteiger partial charge is 0.257 e. The number of piperazine rings is 1. The third-order valence-corrected chi connectivity index (χ3v) is 6.36. The summed E-state index contributed by atoms with van der Waals surface area (Å²) in [6.45, 7) is 4.89. The molecular formula is C22H22N6OS. The van der Waals surface area contributed by atoms with Gasteiger partial charge in [0.2, 0.25) is 0 Å². The fraction of sp³-hybridized carbons (Fsp3) is 0.273. The topological polar surface area (TPSA) is 67.2 Å². The van der Waals surface area contributed by atoms with Crippen LogP contribution in [0, 0.1) is 0 Å². The van der Waals surface area contributed by atoms with Crippen LogP contribution in [0.1, 0.15) is 23.0 Å². The molecule has 1 saturated heterocycles. The van der Waals surface area contributed by atoms with E-state index in [0.717, 1.165) is 46.9 Å². The van der Waals surface area contributed by atoms with Gasteiger partial charge in [0, 0.05) is 26.2 Å². The summed E-state index contributed by atoms with van der Waals surface area (Å²) < 4.78 is 1.87. The zero-order valence-electron chi connectivity index (χ0n) is 16.7. The molecule has 7 nitrogen and oxygen atoms in total. The molecule has 0 N–H and O–H groups in total. The Morgan fingerprint density at radius 3 is 2.63 bits per heavy atom. The van der Waals surface area contributed by atoms with Crippen LogP contribution in [-0.4, -0.2) is 56.7 Å². The fourth-order valence-corrected chi connectivity index (χ4v) is 4.73. The monoisotopic (exact) mass is 418 g/mol. The van der Waals surface area contributed by atoms with E-state index < -0.39 is 0 Å². The number of nitrogens with zero attached hydrogens (tertiary/aromatic N) is 6. The van der Waals surface area contributed by atoms with E-state index in [4.69, 9.17) is 0 Å². The molecule has 1 fully saturated rings. The molecular weight excluding hydrogens is 396 g/mol. The molecule has 3 aromatic heterocycles. The Labute approximate surface area is 178 Å². The summed E-state index contributed by atoms with van der Waals surface area (Å²) in [7, 11) is 0. The highest BCUT2D eigenvalue weighted by Gasteiger charge is 2.27. The van der Waals surface area contributed by atoms with E-state index in [1.165, 1.54) is 0 Å². The van der Waals surface area contributed by atoms with Crippen molar-refractivity contribution in [2.45, 2.75) is 13.3 Å². The molecule has 5 rings (SSSR count). The molecule has 0 radical (unpaired) electrons. The molecule has 1 aliphatic rings. The molecule has 0 aliphatic carbocycles. The number of hydrogen-bond acceptors (Lipinski definition) is 6. The second kappa shape index (κ2) is 7.87. The quantitative estimate of drug-likeness (QED) is 0.508. The molecule has 1 aliphatic heterocycles. The highest BCUT2D eigenvalue weighted by Crippen LogP contribution is 2.27. The lowest BCUT2D eigenvalue weighted by Gasteiger charge is -2.35. The Balaban J connectivity index is 1.34. The van der Waals surface area contributed by atoms with Crippen LogP contribution < -0.4 is 4.90 Å². The maximum absolute atomic E-state index is 13.3. The fourth-order valence-electron chi connectivity index (χ4n) is 4.00. The molecule has 4 heterocycles. The van der Waals surface area contributed by atoms with Gasteiger partial charge in [-0.2, -0.15) is 5.10 Å². The summed E-state index contributed by atoms with van der Waals surface area (Å²) in [5, 5.41) is 7.63. The van der Waals surface area contributed by atoms with Crippen LogP contribution in [0.25, 0.3) is 15.9 Å². The summed E-state index contributed by atoms with van der Waals surface area (Å²) >= 11 is 1.62. The van der Waals surface area contributed by atoms with Crippen molar-refractivity contribution in [2.24, 2.45) is 0 Å². The van der Waals surface area contributed by atoms with Gasteiger partial charge in [-0.25, -0.2) is 14.6 Å². The van der Waals surface area contributed by atoms with Crippen LogP contribution in [0.3, 0.4) is 0 Å². The number of carbonyl (C=O) groups is 1. The standard InChI is InChI=1S/C22H22N6OS/c1-2-19-18(14-25-28(19)16-6-4-3-5-7-16)22(29)27-11-9-26(10-12-27)20-17-8-13-30-21(17)24-15-23-20/h3-8,13-15H,2,9-12H2,1H3. The van der Waals surface area contributed by atoms with E-state index in [-0.39, 0.29) is 5.91 Å². The number of hydrogen-bond donors (Lipinski definition) is 0. The van der Waals surface area contributed by atoms with Crippen molar-refractivity contribution < 1.29 is 4.79 Å². The molecule has 152 valence electrons. The van der Waals surface area contributed by atoms with E-state index in [1.54, 1.807) is 23.9 Å². The van der Waals surface area contributed by atoms with Crippen LogP contribution in [0.15, 0.2) is 54.3 Å². The highest BCUT2D eigenvalue weighted by atomic mass is 32.1. The van der Waals surface area contributed by atoms with E-state index in [2.05, 4.69) is 33.0 Å². The first-order valence-corrected chi connectivity index (χ1v) is 11.0. The van der Waals surface area contributed by atoms with Crippen LogP contribution in [0.4, 0.5) is 5.82 Å². The number of carbonyl (C=O) groups excluding carboxylic acids is 1. The van der Waals surface area contributed by atoms with Crippen molar-refractivity contribution in [1.82, 2.24) is 24.6 Å². The van der Waals surface area contributed by atoms with Crippen LogP contribution in [-0.2, 0) is 6.42 Å². The number of para-hydroxylation sites is 1. The Bertz CT molecular complexity index is 1180. The van der Waals surface area contributed by atoms with E-state index >= 15 is 0 Å². The lowest BCUT2D eigenvalue weighted by Crippen LogP contribution is -2.49. The van der Waals surface area contributed by atoms with Gasteiger partial charge in [0.05, 0.1) is 28.5 Å². The maximum Gasteiger partial charge on any atom is 0.257 e. The van der Waals surface area contributed by atoms with Crippen LogP contribution >= 0.6 is 11.3 Å². The van der Waals surface area contributed by atoms with Crippen molar-refractivity contribution in [3.8, 4) is 5.69 Å². The summed E-state index contributed by atoms with van der Waals surface area (Å²) in [5.74, 6) is 1.01. The Morgan fingerprint density at radius 1 is 1.07 bits per heavy atom. The maximum atomic E-state index is 13.3.